The van der Waals surface area contributed by atoms with E-state index in [1.165, 1.54) is 12.1 Å². The zero-order valence-electron chi connectivity index (χ0n) is 11.4. The van der Waals surface area contributed by atoms with Gasteiger partial charge in [0.25, 0.3) is 0 Å². The number of aryl methyl sites for hydroxylation is 2. The fourth-order valence-electron chi connectivity index (χ4n) is 2.17. The minimum Gasteiger partial charge on any atom is -0.364 e. The molecule has 0 fully saturated rings. The zero-order valence-corrected chi connectivity index (χ0v) is 11.4. The highest BCUT2D eigenvalue weighted by Crippen LogP contribution is 2.23. The Balaban J connectivity index is 1.87. The van der Waals surface area contributed by atoms with Crippen molar-refractivity contribution in [3.8, 4) is 0 Å². The number of hydrogen-bond donors (Lipinski definition) is 2. The van der Waals surface area contributed by atoms with E-state index in [0.29, 0.717) is 6.54 Å². The molecule has 3 rings (SSSR count). The molecule has 0 spiro atoms. The Morgan fingerprint density at radius 3 is 2.65 bits per heavy atom. The molecule has 0 aliphatic carbocycles. The van der Waals surface area contributed by atoms with Gasteiger partial charge in [0.05, 0.1) is 5.52 Å². The van der Waals surface area contributed by atoms with Crippen LogP contribution in [0.4, 0.5) is 10.2 Å². The van der Waals surface area contributed by atoms with E-state index in [2.05, 4.69) is 20.3 Å². The largest absolute Gasteiger partial charge is 0.364 e. The maximum absolute atomic E-state index is 12.9. The van der Waals surface area contributed by atoms with Crippen molar-refractivity contribution in [1.82, 2.24) is 15.0 Å². The van der Waals surface area contributed by atoms with Crippen molar-refractivity contribution in [3.05, 3.63) is 53.2 Å². The van der Waals surface area contributed by atoms with E-state index in [1.807, 2.05) is 13.8 Å². The van der Waals surface area contributed by atoms with Crippen LogP contribution in [0.2, 0.25) is 0 Å². The van der Waals surface area contributed by atoms with Gasteiger partial charge in [-0.3, -0.25) is 0 Å². The smallest absolute Gasteiger partial charge is 0.154 e. The Kier molecular flexibility index (Phi) is 3.10. The lowest BCUT2D eigenvalue weighted by atomic mass is 10.2. The van der Waals surface area contributed by atoms with Crippen LogP contribution in [-0.2, 0) is 6.54 Å². The van der Waals surface area contributed by atoms with Gasteiger partial charge in [0.15, 0.2) is 5.82 Å². The third-order valence-corrected chi connectivity index (χ3v) is 3.45. The van der Waals surface area contributed by atoms with Gasteiger partial charge in [-0.05, 0) is 37.1 Å². The molecule has 0 aliphatic heterocycles. The summed E-state index contributed by atoms with van der Waals surface area (Å²) >= 11 is 0. The summed E-state index contributed by atoms with van der Waals surface area (Å²) in [5.41, 5.74) is 5.06. The van der Waals surface area contributed by atoms with Crippen molar-refractivity contribution in [2.75, 3.05) is 5.32 Å². The lowest BCUT2D eigenvalue weighted by Crippen LogP contribution is -2.02. The molecule has 2 N–H and O–H groups in total. The van der Waals surface area contributed by atoms with E-state index >= 15 is 0 Å². The SMILES string of the molecule is Cc1[nH]c2c(NCc3ccc(F)cc3)ncnc2c1C. The molecule has 0 atom stereocenters. The van der Waals surface area contributed by atoms with Gasteiger partial charge in [-0.1, -0.05) is 12.1 Å². The minimum absolute atomic E-state index is 0.228. The van der Waals surface area contributed by atoms with Gasteiger partial charge in [0.2, 0.25) is 0 Å². The third-order valence-electron chi connectivity index (χ3n) is 3.45. The molecule has 0 amide bonds. The molecule has 2 heterocycles. The van der Waals surface area contributed by atoms with Gasteiger partial charge in [-0.2, -0.15) is 0 Å². The first kappa shape index (κ1) is 12.6. The Bertz CT molecular complexity index is 746. The number of rotatable bonds is 3. The van der Waals surface area contributed by atoms with E-state index in [4.69, 9.17) is 0 Å². The number of anilines is 1. The van der Waals surface area contributed by atoms with Crippen LogP contribution in [0.3, 0.4) is 0 Å². The third kappa shape index (κ3) is 2.22. The minimum atomic E-state index is -0.228. The maximum atomic E-state index is 12.9. The zero-order chi connectivity index (χ0) is 14.1. The van der Waals surface area contributed by atoms with Crippen molar-refractivity contribution >= 4 is 16.9 Å². The van der Waals surface area contributed by atoms with E-state index in [9.17, 15) is 4.39 Å². The summed E-state index contributed by atoms with van der Waals surface area (Å²) in [6.07, 6.45) is 1.55. The summed E-state index contributed by atoms with van der Waals surface area (Å²) in [6, 6.07) is 6.42. The van der Waals surface area contributed by atoms with Crippen LogP contribution in [0.5, 0.6) is 0 Å². The Morgan fingerprint density at radius 2 is 1.90 bits per heavy atom. The summed E-state index contributed by atoms with van der Waals surface area (Å²) < 4.78 is 12.9. The molecule has 0 aliphatic rings. The first-order valence-corrected chi connectivity index (χ1v) is 6.43. The molecule has 0 radical (unpaired) electrons. The van der Waals surface area contributed by atoms with Crippen molar-refractivity contribution < 1.29 is 4.39 Å². The molecule has 0 saturated carbocycles. The van der Waals surface area contributed by atoms with Crippen LogP contribution >= 0.6 is 0 Å². The van der Waals surface area contributed by atoms with Crippen molar-refractivity contribution in [2.24, 2.45) is 0 Å². The van der Waals surface area contributed by atoms with Gasteiger partial charge < -0.3 is 10.3 Å². The molecule has 102 valence electrons. The van der Waals surface area contributed by atoms with Crippen molar-refractivity contribution in [3.63, 3.8) is 0 Å². The van der Waals surface area contributed by atoms with Crippen LogP contribution in [0.25, 0.3) is 11.0 Å². The summed E-state index contributed by atoms with van der Waals surface area (Å²) in [5.74, 6) is 0.532. The maximum Gasteiger partial charge on any atom is 0.154 e. The molecule has 20 heavy (non-hydrogen) atoms. The summed E-state index contributed by atoms with van der Waals surface area (Å²) in [6.45, 7) is 4.63. The lowest BCUT2D eigenvalue weighted by Gasteiger charge is -2.06. The second-order valence-corrected chi connectivity index (χ2v) is 4.80. The Morgan fingerprint density at radius 1 is 1.15 bits per heavy atom. The molecule has 1 aromatic carbocycles. The van der Waals surface area contributed by atoms with Gasteiger partial charge in [-0.25, -0.2) is 14.4 Å². The highest BCUT2D eigenvalue weighted by atomic mass is 19.1. The predicted octanol–water partition coefficient (Wildman–Crippen LogP) is 3.33. The number of benzene rings is 1. The van der Waals surface area contributed by atoms with Crippen LogP contribution in [0, 0.1) is 19.7 Å². The van der Waals surface area contributed by atoms with E-state index in [-0.39, 0.29) is 5.82 Å². The van der Waals surface area contributed by atoms with Gasteiger partial charge in [-0.15, -0.1) is 0 Å². The van der Waals surface area contributed by atoms with Crippen molar-refractivity contribution in [1.29, 1.82) is 0 Å². The quantitative estimate of drug-likeness (QED) is 0.767. The number of aromatic amines is 1. The van der Waals surface area contributed by atoms with E-state index in [1.54, 1.807) is 18.5 Å². The van der Waals surface area contributed by atoms with E-state index < -0.39 is 0 Å². The molecule has 0 saturated heterocycles. The summed E-state index contributed by atoms with van der Waals surface area (Å²) in [4.78, 5) is 11.9. The second-order valence-electron chi connectivity index (χ2n) is 4.80. The number of H-pyrrole nitrogens is 1. The van der Waals surface area contributed by atoms with Crippen LogP contribution in [-0.4, -0.2) is 15.0 Å². The second kappa shape index (κ2) is 4.92. The standard InChI is InChI=1S/C15H15FN4/c1-9-10(2)20-14-13(9)18-8-19-15(14)17-7-11-3-5-12(16)6-4-11/h3-6,8,20H,7H2,1-2H3,(H,17,18,19). The average molecular weight is 270 g/mol. The first-order chi connectivity index (χ1) is 9.65. The highest BCUT2D eigenvalue weighted by molar-refractivity contribution is 5.88. The first-order valence-electron chi connectivity index (χ1n) is 6.43. The fourth-order valence-corrected chi connectivity index (χ4v) is 2.17. The number of aromatic nitrogens is 3. The van der Waals surface area contributed by atoms with Crippen LogP contribution in [0.1, 0.15) is 16.8 Å². The normalized spacial score (nSPS) is 10.9. The summed E-state index contributed by atoms with van der Waals surface area (Å²) in [7, 11) is 0. The molecule has 0 bridgehead atoms. The van der Waals surface area contributed by atoms with Crippen molar-refractivity contribution in [2.45, 2.75) is 20.4 Å². The molecule has 2 aromatic heterocycles. The molecular weight excluding hydrogens is 255 g/mol. The molecular formula is C15H15FN4. The number of halogens is 1. The van der Waals surface area contributed by atoms with Gasteiger partial charge in [0.1, 0.15) is 17.7 Å². The lowest BCUT2D eigenvalue weighted by molar-refractivity contribution is 0.627. The summed E-state index contributed by atoms with van der Waals surface area (Å²) in [5, 5.41) is 3.26. The molecule has 0 unspecified atom stereocenters. The highest BCUT2D eigenvalue weighted by Gasteiger charge is 2.10. The number of fused-ring (bicyclic) bond motifs is 1. The number of hydrogen-bond acceptors (Lipinski definition) is 3. The number of nitrogens with one attached hydrogen (secondary N) is 2. The van der Waals surface area contributed by atoms with Gasteiger partial charge in [0, 0.05) is 12.2 Å². The predicted molar refractivity (Wildman–Crippen MR) is 77.1 cm³/mol. The topological polar surface area (TPSA) is 53.6 Å². The molecule has 3 aromatic rings. The van der Waals surface area contributed by atoms with Gasteiger partial charge >= 0.3 is 0 Å². The molecule has 5 heteroatoms. The Hall–Kier alpha value is -2.43. The molecule has 4 nitrogen and oxygen atoms in total. The van der Waals surface area contributed by atoms with Crippen LogP contribution in [0.15, 0.2) is 30.6 Å². The fraction of sp³-hybridized carbons (Fsp3) is 0.200. The Labute approximate surface area is 116 Å². The average Bonchev–Trinajstić information content (AvgIpc) is 2.75. The van der Waals surface area contributed by atoms with E-state index in [0.717, 1.165) is 33.7 Å². The van der Waals surface area contributed by atoms with Crippen LogP contribution < -0.4 is 5.32 Å². The monoisotopic (exact) mass is 270 g/mol. The number of nitrogens with zero attached hydrogens (tertiary/aromatic N) is 2.